The Morgan fingerprint density at radius 2 is 2.11 bits per heavy atom. The Morgan fingerprint density at radius 1 is 1.37 bits per heavy atom. The van der Waals surface area contributed by atoms with Crippen molar-refractivity contribution in [2.24, 2.45) is 0 Å². The normalized spacial score (nSPS) is 10.9. The third-order valence-electron chi connectivity index (χ3n) is 2.38. The SMILES string of the molecule is CNc1cnn(Cc2ccnc(C(F)(F)F)c2)c1.Cl. The van der Waals surface area contributed by atoms with E-state index >= 15 is 0 Å². The number of pyridine rings is 1. The van der Waals surface area contributed by atoms with Crippen LogP contribution in [-0.4, -0.2) is 21.8 Å². The van der Waals surface area contributed by atoms with E-state index in [1.165, 1.54) is 6.07 Å². The second-order valence-corrected chi connectivity index (χ2v) is 3.72. The van der Waals surface area contributed by atoms with Crippen LogP contribution in [0.4, 0.5) is 18.9 Å². The minimum atomic E-state index is -4.42. The predicted octanol–water partition coefficient (Wildman–Crippen LogP) is 2.81. The summed E-state index contributed by atoms with van der Waals surface area (Å²) in [5.41, 5.74) is 0.421. The lowest BCUT2D eigenvalue weighted by molar-refractivity contribution is -0.141. The molecule has 1 N–H and O–H groups in total. The van der Waals surface area contributed by atoms with Crippen LogP contribution in [0.1, 0.15) is 11.3 Å². The number of halogens is 4. The van der Waals surface area contributed by atoms with Crippen LogP contribution in [-0.2, 0) is 12.7 Å². The second-order valence-electron chi connectivity index (χ2n) is 3.72. The topological polar surface area (TPSA) is 42.7 Å². The zero-order chi connectivity index (χ0) is 13.2. The van der Waals surface area contributed by atoms with Crippen molar-refractivity contribution in [1.29, 1.82) is 0 Å². The smallest absolute Gasteiger partial charge is 0.386 e. The standard InChI is InChI=1S/C11H11F3N4.ClH/c1-15-9-5-17-18(7-9)6-8-2-3-16-10(4-8)11(12,13)14;/h2-5,7,15H,6H2,1H3;1H. The van der Waals surface area contributed by atoms with E-state index in [1.807, 2.05) is 0 Å². The van der Waals surface area contributed by atoms with Crippen molar-refractivity contribution in [1.82, 2.24) is 14.8 Å². The number of hydrogen-bond acceptors (Lipinski definition) is 3. The number of hydrogen-bond donors (Lipinski definition) is 1. The van der Waals surface area contributed by atoms with Gasteiger partial charge in [0.2, 0.25) is 0 Å². The monoisotopic (exact) mass is 292 g/mol. The van der Waals surface area contributed by atoms with Crippen LogP contribution >= 0.6 is 12.4 Å². The molecule has 19 heavy (non-hydrogen) atoms. The molecule has 0 aliphatic rings. The van der Waals surface area contributed by atoms with Crippen molar-refractivity contribution in [3.63, 3.8) is 0 Å². The van der Waals surface area contributed by atoms with Gasteiger partial charge in [-0.25, -0.2) is 0 Å². The lowest BCUT2D eigenvalue weighted by Crippen LogP contribution is -2.09. The molecule has 0 fully saturated rings. The van der Waals surface area contributed by atoms with Gasteiger partial charge in [0.15, 0.2) is 0 Å². The maximum absolute atomic E-state index is 12.5. The van der Waals surface area contributed by atoms with Crippen LogP contribution in [0.5, 0.6) is 0 Å². The molecular weight excluding hydrogens is 281 g/mol. The van der Waals surface area contributed by atoms with Crippen LogP contribution in [0, 0.1) is 0 Å². The van der Waals surface area contributed by atoms with Gasteiger partial charge in [0.1, 0.15) is 5.69 Å². The predicted molar refractivity (Wildman–Crippen MR) is 67.4 cm³/mol. The summed E-state index contributed by atoms with van der Waals surface area (Å²) in [6, 6.07) is 2.57. The molecule has 8 heteroatoms. The van der Waals surface area contributed by atoms with Crippen molar-refractivity contribution < 1.29 is 13.2 Å². The molecule has 0 spiro atoms. The minimum absolute atomic E-state index is 0. The highest BCUT2D eigenvalue weighted by molar-refractivity contribution is 5.85. The zero-order valence-electron chi connectivity index (χ0n) is 9.98. The molecule has 0 saturated carbocycles. The van der Waals surface area contributed by atoms with Crippen molar-refractivity contribution in [3.05, 3.63) is 42.0 Å². The molecule has 104 valence electrons. The lowest BCUT2D eigenvalue weighted by Gasteiger charge is -2.07. The van der Waals surface area contributed by atoms with E-state index in [0.29, 0.717) is 5.56 Å². The van der Waals surface area contributed by atoms with Crippen LogP contribution in [0.3, 0.4) is 0 Å². The maximum Gasteiger partial charge on any atom is 0.433 e. The Bertz CT molecular complexity index is 539. The molecule has 2 heterocycles. The van der Waals surface area contributed by atoms with E-state index in [-0.39, 0.29) is 19.0 Å². The van der Waals surface area contributed by atoms with E-state index in [9.17, 15) is 13.2 Å². The molecule has 0 radical (unpaired) electrons. The average Bonchev–Trinajstić information content (AvgIpc) is 2.76. The fraction of sp³-hybridized carbons (Fsp3) is 0.273. The number of nitrogens with one attached hydrogen (secondary N) is 1. The molecule has 0 aliphatic heterocycles. The summed E-state index contributed by atoms with van der Waals surface area (Å²) in [6.07, 6.45) is 0.0520. The first-order valence-electron chi connectivity index (χ1n) is 5.21. The van der Waals surface area contributed by atoms with Crippen molar-refractivity contribution in [2.75, 3.05) is 12.4 Å². The summed E-state index contributed by atoms with van der Waals surface area (Å²) in [5.74, 6) is 0. The molecule has 0 aliphatic carbocycles. The van der Waals surface area contributed by atoms with Gasteiger partial charge in [-0.15, -0.1) is 12.4 Å². The number of rotatable bonds is 3. The molecule has 2 rings (SSSR count). The zero-order valence-corrected chi connectivity index (χ0v) is 10.8. The molecule has 2 aromatic rings. The van der Waals surface area contributed by atoms with Gasteiger partial charge in [0.25, 0.3) is 0 Å². The van der Waals surface area contributed by atoms with E-state index in [2.05, 4.69) is 15.4 Å². The van der Waals surface area contributed by atoms with Crippen molar-refractivity contribution in [2.45, 2.75) is 12.7 Å². The molecule has 0 bridgehead atoms. The van der Waals surface area contributed by atoms with Gasteiger partial charge in [0.05, 0.1) is 18.4 Å². The Hall–Kier alpha value is -1.76. The van der Waals surface area contributed by atoms with E-state index in [1.54, 1.807) is 24.1 Å². The molecule has 0 saturated heterocycles. The van der Waals surface area contributed by atoms with E-state index in [4.69, 9.17) is 0 Å². The van der Waals surface area contributed by atoms with Gasteiger partial charge in [-0.2, -0.15) is 18.3 Å². The maximum atomic E-state index is 12.5. The summed E-state index contributed by atoms with van der Waals surface area (Å²) in [7, 11) is 1.75. The van der Waals surface area contributed by atoms with Gasteiger partial charge in [0, 0.05) is 19.4 Å². The molecule has 0 unspecified atom stereocenters. The molecule has 4 nitrogen and oxygen atoms in total. The third kappa shape index (κ3) is 3.85. The van der Waals surface area contributed by atoms with Gasteiger partial charge >= 0.3 is 6.18 Å². The fourth-order valence-corrected chi connectivity index (χ4v) is 1.49. The van der Waals surface area contributed by atoms with Gasteiger partial charge in [-0.3, -0.25) is 9.67 Å². The van der Waals surface area contributed by atoms with Crippen LogP contribution < -0.4 is 5.32 Å². The Morgan fingerprint density at radius 3 is 2.68 bits per heavy atom. The van der Waals surface area contributed by atoms with E-state index < -0.39 is 11.9 Å². The number of nitrogens with zero attached hydrogens (tertiary/aromatic N) is 3. The largest absolute Gasteiger partial charge is 0.433 e. The van der Waals surface area contributed by atoms with Crippen molar-refractivity contribution >= 4 is 18.1 Å². The summed E-state index contributed by atoms with van der Waals surface area (Å²) in [5, 5.41) is 6.92. The Kier molecular flexibility index (Phi) is 4.77. The first-order valence-corrected chi connectivity index (χ1v) is 5.21. The highest BCUT2D eigenvalue weighted by atomic mass is 35.5. The summed E-state index contributed by atoms with van der Waals surface area (Å²) >= 11 is 0. The Labute approximate surface area is 114 Å². The summed E-state index contributed by atoms with van der Waals surface area (Å²) in [4.78, 5) is 3.31. The molecule has 0 aromatic carbocycles. The van der Waals surface area contributed by atoms with Gasteiger partial charge in [-0.05, 0) is 17.7 Å². The summed E-state index contributed by atoms with van der Waals surface area (Å²) < 4.78 is 39.0. The first-order chi connectivity index (χ1) is 8.49. The highest BCUT2D eigenvalue weighted by Crippen LogP contribution is 2.27. The second kappa shape index (κ2) is 5.92. The number of alkyl halides is 3. The van der Waals surface area contributed by atoms with Gasteiger partial charge in [-0.1, -0.05) is 0 Å². The lowest BCUT2D eigenvalue weighted by atomic mass is 10.2. The fourth-order valence-electron chi connectivity index (χ4n) is 1.49. The van der Waals surface area contributed by atoms with Crippen molar-refractivity contribution in [3.8, 4) is 0 Å². The number of aromatic nitrogens is 3. The first kappa shape index (κ1) is 15.3. The minimum Gasteiger partial charge on any atom is -0.386 e. The molecular formula is C11H12ClF3N4. The molecule has 0 atom stereocenters. The van der Waals surface area contributed by atoms with Crippen LogP contribution in [0.2, 0.25) is 0 Å². The number of anilines is 1. The van der Waals surface area contributed by atoms with Gasteiger partial charge < -0.3 is 5.32 Å². The van der Waals surface area contributed by atoms with Crippen LogP contribution in [0.25, 0.3) is 0 Å². The van der Waals surface area contributed by atoms with Crippen LogP contribution in [0.15, 0.2) is 30.7 Å². The Balaban J connectivity index is 0.00000180. The molecule has 0 amide bonds. The van der Waals surface area contributed by atoms with E-state index in [0.717, 1.165) is 18.0 Å². The third-order valence-corrected chi connectivity index (χ3v) is 2.38. The highest BCUT2D eigenvalue weighted by Gasteiger charge is 2.32. The summed E-state index contributed by atoms with van der Waals surface area (Å²) in [6.45, 7) is 0.271. The average molecular weight is 293 g/mol. The molecule has 2 aromatic heterocycles. The quantitative estimate of drug-likeness (QED) is 0.946.